The van der Waals surface area contributed by atoms with Crippen molar-refractivity contribution in [1.29, 1.82) is 0 Å². The zero-order chi connectivity index (χ0) is 19.6. The first-order valence-corrected chi connectivity index (χ1v) is 10.2. The van der Waals surface area contributed by atoms with Crippen molar-refractivity contribution >= 4 is 34.1 Å². The minimum absolute atomic E-state index is 0.690. The summed E-state index contributed by atoms with van der Waals surface area (Å²) in [7, 11) is 0. The molecule has 0 N–H and O–H groups in total. The normalized spacial score (nSPS) is 14.4. The highest BCUT2D eigenvalue weighted by molar-refractivity contribution is 6.31. The molecule has 1 aromatic heterocycles. The number of fused-ring (bicyclic) bond motifs is 1. The number of hydrogen-bond acceptors (Lipinski definition) is 4. The summed E-state index contributed by atoms with van der Waals surface area (Å²) >= 11 is 6.26. The van der Waals surface area contributed by atoms with Gasteiger partial charge >= 0.3 is 0 Å². The Morgan fingerprint density at radius 2 is 1.34 bits per heavy atom. The Balaban J connectivity index is 1.49. The summed E-state index contributed by atoms with van der Waals surface area (Å²) in [5.74, 6) is 0.770. The predicted molar refractivity (Wildman–Crippen MR) is 121 cm³/mol. The van der Waals surface area contributed by atoms with E-state index < -0.39 is 0 Å². The molecule has 1 saturated heterocycles. The van der Waals surface area contributed by atoms with E-state index in [9.17, 15) is 0 Å². The molecule has 3 aromatic carbocycles. The van der Waals surface area contributed by atoms with E-state index in [4.69, 9.17) is 21.6 Å². The lowest BCUT2D eigenvalue weighted by atomic mass is 10.1. The van der Waals surface area contributed by atoms with Crippen molar-refractivity contribution < 1.29 is 0 Å². The van der Waals surface area contributed by atoms with E-state index in [2.05, 4.69) is 52.3 Å². The number of aromatic nitrogens is 2. The number of para-hydroxylation sites is 1. The number of nitrogens with zero attached hydrogens (tertiary/aromatic N) is 4. The largest absolute Gasteiger partial charge is 0.368 e. The van der Waals surface area contributed by atoms with Crippen molar-refractivity contribution in [3.8, 4) is 11.3 Å². The molecule has 0 bridgehead atoms. The Morgan fingerprint density at radius 1 is 0.690 bits per heavy atom. The van der Waals surface area contributed by atoms with Crippen molar-refractivity contribution in [3.05, 3.63) is 83.9 Å². The van der Waals surface area contributed by atoms with Gasteiger partial charge in [0.1, 0.15) is 0 Å². The molecule has 1 aliphatic heterocycles. The standard InChI is InChI=1S/C24H21ClN4/c25-19-11-12-21-22(17-19)26-24(27-23(21)18-7-3-1-4-8-18)29-15-13-28(14-16-29)20-9-5-2-6-10-20/h1-12,17H,13-16H2. The molecule has 0 radical (unpaired) electrons. The first-order valence-electron chi connectivity index (χ1n) is 9.85. The summed E-state index contributed by atoms with van der Waals surface area (Å²) in [6, 6.07) is 26.7. The van der Waals surface area contributed by atoms with E-state index >= 15 is 0 Å². The van der Waals surface area contributed by atoms with Crippen LogP contribution in [0.1, 0.15) is 0 Å². The van der Waals surface area contributed by atoms with Gasteiger partial charge < -0.3 is 9.80 Å². The fourth-order valence-corrected chi connectivity index (χ4v) is 4.02. The molecule has 2 heterocycles. The van der Waals surface area contributed by atoms with Gasteiger partial charge in [-0.25, -0.2) is 9.97 Å². The second-order valence-corrected chi connectivity index (χ2v) is 7.65. The number of benzene rings is 3. The van der Waals surface area contributed by atoms with Gasteiger partial charge in [-0.2, -0.15) is 0 Å². The highest BCUT2D eigenvalue weighted by atomic mass is 35.5. The maximum atomic E-state index is 6.26. The van der Waals surface area contributed by atoms with E-state index in [1.807, 2.05) is 36.4 Å². The van der Waals surface area contributed by atoms with Gasteiger partial charge in [0, 0.05) is 47.8 Å². The fraction of sp³-hybridized carbons (Fsp3) is 0.167. The number of piperazine rings is 1. The van der Waals surface area contributed by atoms with Gasteiger partial charge in [0.05, 0.1) is 11.2 Å². The molecule has 1 fully saturated rings. The molecule has 4 aromatic rings. The molecule has 144 valence electrons. The third-order valence-corrected chi connectivity index (χ3v) is 5.61. The summed E-state index contributed by atoms with van der Waals surface area (Å²) in [5, 5.41) is 1.71. The summed E-state index contributed by atoms with van der Waals surface area (Å²) in [5.41, 5.74) is 4.19. The van der Waals surface area contributed by atoms with Crippen LogP contribution in [0.3, 0.4) is 0 Å². The first kappa shape index (κ1) is 18.0. The summed E-state index contributed by atoms with van der Waals surface area (Å²) < 4.78 is 0. The lowest BCUT2D eigenvalue weighted by molar-refractivity contribution is 0.641. The Labute approximate surface area is 175 Å². The third kappa shape index (κ3) is 3.64. The Kier molecular flexibility index (Phi) is 4.78. The summed E-state index contributed by atoms with van der Waals surface area (Å²) in [4.78, 5) is 14.5. The topological polar surface area (TPSA) is 32.3 Å². The van der Waals surface area contributed by atoms with Crippen molar-refractivity contribution in [3.63, 3.8) is 0 Å². The van der Waals surface area contributed by atoms with Crippen LogP contribution in [-0.2, 0) is 0 Å². The third-order valence-electron chi connectivity index (χ3n) is 5.38. The van der Waals surface area contributed by atoms with Gasteiger partial charge in [0.15, 0.2) is 0 Å². The minimum Gasteiger partial charge on any atom is -0.368 e. The molecule has 0 saturated carbocycles. The lowest BCUT2D eigenvalue weighted by Crippen LogP contribution is -2.47. The van der Waals surface area contributed by atoms with E-state index in [-0.39, 0.29) is 0 Å². The SMILES string of the molecule is Clc1ccc2c(-c3ccccc3)nc(N3CCN(c4ccccc4)CC3)nc2c1. The van der Waals surface area contributed by atoms with Crippen LogP contribution in [0.4, 0.5) is 11.6 Å². The van der Waals surface area contributed by atoms with Gasteiger partial charge in [-0.3, -0.25) is 0 Å². The van der Waals surface area contributed by atoms with E-state index in [0.717, 1.165) is 54.3 Å². The molecular formula is C24H21ClN4. The molecule has 0 spiro atoms. The van der Waals surface area contributed by atoms with Crippen molar-refractivity contribution in [2.45, 2.75) is 0 Å². The monoisotopic (exact) mass is 400 g/mol. The van der Waals surface area contributed by atoms with Crippen LogP contribution >= 0.6 is 11.6 Å². The lowest BCUT2D eigenvalue weighted by Gasteiger charge is -2.36. The molecule has 1 aliphatic rings. The Morgan fingerprint density at radius 3 is 2.07 bits per heavy atom. The van der Waals surface area contributed by atoms with Crippen LogP contribution in [-0.4, -0.2) is 36.1 Å². The highest BCUT2D eigenvalue weighted by Crippen LogP contribution is 2.30. The summed E-state index contributed by atoms with van der Waals surface area (Å²) in [6.07, 6.45) is 0. The van der Waals surface area contributed by atoms with Crippen molar-refractivity contribution in [2.24, 2.45) is 0 Å². The average Bonchev–Trinajstić information content (AvgIpc) is 2.79. The quantitative estimate of drug-likeness (QED) is 0.468. The number of anilines is 2. The van der Waals surface area contributed by atoms with Crippen LogP contribution in [0.25, 0.3) is 22.2 Å². The Bertz CT molecular complexity index is 1120. The molecule has 0 aliphatic carbocycles. The average molecular weight is 401 g/mol. The predicted octanol–water partition coefficient (Wildman–Crippen LogP) is 5.28. The van der Waals surface area contributed by atoms with Crippen molar-refractivity contribution in [2.75, 3.05) is 36.0 Å². The first-order chi connectivity index (χ1) is 14.3. The van der Waals surface area contributed by atoms with Gasteiger partial charge in [0.25, 0.3) is 0 Å². The van der Waals surface area contributed by atoms with Crippen LogP contribution in [0, 0.1) is 0 Å². The highest BCUT2D eigenvalue weighted by Gasteiger charge is 2.21. The maximum absolute atomic E-state index is 6.26. The molecule has 5 heteroatoms. The molecule has 0 atom stereocenters. The second-order valence-electron chi connectivity index (χ2n) is 7.21. The summed E-state index contributed by atoms with van der Waals surface area (Å²) in [6.45, 7) is 3.66. The molecule has 0 amide bonds. The Hall–Kier alpha value is -3.11. The maximum Gasteiger partial charge on any atom is 0.226 e. The van der Waals surface area contributed by atoms with Crippen LogP contribution in [0.2, 0.25) is 5.02 Å². The molecule has 0 unspecified atom stereocenters. The van der Waals surface area contributed by atoms with Crippen LogP contribution in [0.5, 0.6) is 0 Å². The van der Waals surface area contributed by atoms with Gasteiger partial charge in [-0.05, 0) is 30.3 Å². The minimum atomic E-state index is 0.690. The second kappa shape index (κ2) is 7.72. The number of hydrogen-bond donors (Lipinski definition) is 0. The zero-order valence-corrected chi connectivity index (χ0v) is 16.8. The van der Waals surface area contributed by atoms with Gasteiger partial charge in [-0.1, -0.05) is 60.1 Å². The van der Waals surface area contributed by atoms with E-state index in [1.165, 1.54) is 5.69 Å². The van der Waals surface area contributed by atoms with Crippen LogP contribution < -0.4 is 9.80 Å². The molecule has 5 rings (SSSR count). The zero-order valence-electron chi connectivity index (χ0n) is 16.0. The van der Waals surface area contributed by atoms with Crippen LogP contribution in [0.15, 0.2) is 78.9 Å². The smallest absolute Gasteiger partial charge is 0.226 e. The van der Waals surface area contributed by atoms with Gasteiger partial charge in [-0.15, -0.1) is 0 Å². The van der Waals surface area contributed by atoms with E-state index in [1.54, 1.807) is 0 Å². The number of halogens is 1. The van der Waals surface area contributed by atoms with E-state index in [0.29, 0.717) is 5.02 Å². The molecule has 4 nitrogen and oxygen atoms in total. The van der Waals surface area contributed by atoms with Gasteiger partial charge in [0.2, 0.25) is 5.95 Å². The molecule has 29 heavy (non-hydrogen) atoms. The van der Waals surface area contributed by atoms with Crippen molar-refractivity contribution in [1.82, 2.24) is 9.97 Å². The number of rotatable bonds is 3. The molecular weight excluding hydrogens is 380 g/mol. The fourth-order valence-electron chi connectivity index (χ4n) is 3.85.